The van der Waals surface area contributed by atoms with Crippen LogP contribution in [0.1, 0.15) is 18.5 Å². The van der Waals surface area contributed by atoms with E-state index < -0.39 is 11.6 Å². The van der Waals surface area contributed by atoms with Crippen molar-refractivity contribution in [3.63, 3.8) is 0 Å². The molecule has 0 spiro atoms. The number of benzene rings is 2. The molecule has 0 radical (unpaired) electrons. The van der Waals surface area contributed by atoms with Gasteiger partial charge in [-0.3, -0.25) is 0 Å². The van der Waals surface area contributed by atoms with Crippen molar-refractivity contribution < 1.29 is 8.78 Å². The van der Waals surface area contributed by atoms with E-state index in [0.29, 0.717) is 0 Å². The molecule has 2 aromatic rings. The SMILES string of the molecule is CSc1ccc(C(C)Nc2c(F)cc(F)cc2Cl)cc1. The minimum absolute atomic E-state index is 0.0371. The lowest BCUT2D eigenvalue weighted by molar-refractivity contribution is 0.584. The average molecular weight is 314 g/mol. The molecule has 0 bridgehead atoms. The van der Waals surface area contributed by atoms with Crippen LogP contribution in [0.5, 0.6) is 0 Å². The Morgan fingerprint density at radius 2 is 1.80 bits per heavy atom. The first-order valence-electron chi connectivity index (χ1n) is 6.06. The van der Waals surface area contributed by atoms with Crippen LogP contribution in [0.15, 0.2) is 41.3 Å². The molecule has 106 valence electrons. The summed E-state index contributed by atoms with van der Waals surface area (Å²) in [5.41, 5.74) is 1.12. The number of halogens is 3. The Morgan fingerprint density at radius 3 is 2.35 bits per heavy atom. The Bertz CT molecular complexity index is 578. The molecule has 20 heavy (non-hydrogen) atoms. The third-order valence-electron chi connectivity index (χ3n) is 2.98. The largest absolute Gasteiger partial charge is 0.375 e. The number of hydrogen-bond acceptors (Lipinski definition) is 2. The first kappa shape index (κ1) is 15.1. The highest BCUT2D eigenvalue weighted by Crippen LogP contribution is 2.30. The van der Waals surface area contributed by atoms with Gasteiger partial charge in [-0.2, -0.15) is 0 Å². The third-order valence-corrected chi connectivity index (χ3v) is 4.03. The lowest BCUT2D eigenvalue weighted by Gasteiger charge is -2.17. The van der Waals surface area contributed by atoms with Crippen LogP contribution in [0.2, 0.25) is 5.02 Å². The maximum absolute atomic E-state index is 13.7. The van der Waals surface area contributed by atoms with Crippen molar-refractivity contribution in [1.29, 1.82) is 0 Å². The second-order valence-electron chi connectivity index (χ2n) is 4.38. The fourth-order valence-corrected chi connectivity index (χ4v) is 2.53. The van der Waals surface area contributed by atoms with Crippen molar-refractivity contribution in [2.24, 2.45) is 0 Å². The summed E-state index contributed by atoms with van der Waals surface area (Å²) in [6, 6.07) is 9.72. The molecular formula is C15H14ClF2NS. The number of hydrogen-bond donors (Lipinski definition) is 1. The zero-order chi connectivity index (χ0) is 14.7. The highest BCUT2D eigenvalue weighted by atomic mass is 35.5. The van der Waals surface area contributed by atoms with Crippen LogP contribution in [0.25, 0.3) is 0 Å². The van der Waals surface area contributed by atoms with E-state index in [4.69, 9.17) is 11.6 Å². The van der Waals surface area contributed by atoms with E-state index in [-0.39, 0.29) is 16.8 Å². The van der Waals surface area contributed by atoms with Crippen molar-refractivity contribution in [1.82, 2.24) is 0 Å². The van der Waals surface area contributed by atoms with Gasteiger partial charge in [-0.25, -0.2) is 8.78 Å². The Labute approximate surface area is 126 Å². The maximum atomic E-state index is 13.7. The summed E-state index contributed by atoms with van der Waals surface area (Å²) in [4.78, 5) is 1.16. The maximum Gasteiger partial charge on any atom is 0.150 e. The first-order valence-corrected chi connectivity index (χ1v) is 7.66. The molecule has 1 unspecified atom stereocenters. The third kappa shape index (κ3) is 3.44. The normalized spacial score (nSPS) is 12.2. The standard InChI is InChI=1S/C15H14ClF2NS/c1-9(10-3-5-12(20-2)6-4-10)19-15-13(16)7-11(17)8-14(15)18/h3-9,19H,1-2H3. The summed E-state index contributed by atoms with van der Waals surface area (Å²) in [6.07, 6.45) is 2.00. The van der Waals surface area contributed by atoms with Gasteiger partial charge in [0.25, 0.3) is 0 Å². The Kier molecular flexibility index (Phi) is 4.89. The summed E-state index contributed by atoms with van der Waals surface area (Å²) < 4.78 is 26.7. The molecule has 1 atom stereocenters. The topological polar surface area (TPSA) is 12.0 Å². The van der Waals surface area contributed by atoms with Crippen molar-refractivity contribution >= 4 is 29.1 Å². The molecule has 2 rings (SSSR count). The van der Waals surface area contributed by atoms with Crippen LogP contribution in [0.4, 0.5) is 14.5 Å². The predicted molar refractivity (Wildman–Crippen MR) is 81.6 cm³/mol. The molecule has 2 aromatic carbocycles. The molecule has 1 N–H and O–H groups in total. The summed E-state index contributed by atoms with van der Waals surface area (Å²) in [6.45, 7) is 1.90. The van der Waals surface area contributed by atoms with Gasteiger partial charge in [0.2, 0.25) is 0 Å². The van der Waals surface area contributed by atoms with Crippen LogP contribution >= 0.6 is 23.4 Å². The molecule has 1 nitrogen and oxygen atoms in total. The Hall–Kier alpha value is -1.26. The summed E-state index contributed by atoms with van der Waals surface area (Å²) in [5, 5.41) is 3.02. The van der Waals surface area contributed by atoms with E-state index in [2.05, 4.69) is 5.32 Å². The number of nitrogens with one attached hydrogen (secondary N) is 1. The summed E-state index contributed by atoms with van der Waals surface area (Å²) in [5.74, 6) is -1.38. The van der Waals surface area contributed by atoms with Crippen molar-refractivity contribution in [2.45, 2.75) is 17.9 Å². The number of anilines is 1. The van der Waals surface area contributed by atoms with Crippen molar-refractivity contribution in [3.05, 3.63) is 58.6 Å². The van der Waals surface area contributed by atoms with E-state index in [1.54, 1.807) is 11.8 Å². The average Bonchev–Trinajstić information content (AvgIpc) is 2.42. The molecule has 0 amide bonds. The van der Waals surface area contributed by atoms with Gasteiger partial charge >= 0.3 is 0 Å². The van der Waals surface area contributed by atoms with Gasteiger partial charge in [-0.1, -0.05) is 23.7 Å². The molecular weight excluding hydrogens is 300 g/mol. The molecule has 0 heterocycles. The van der Waals surface area contributed by atoms with E-state index >= 15 is 0 Å². The second-order valence-corrected chi connectivity index (χ2v) is 5.67. The number of rotatable bonds is 4. The van der Waals surface area contributed by atoms with Crippen LogP contribution in [0, 0.1) is 11.6 Å². The minimum Gasteiger partial charge on any atom is -0.375 e. The van der Waals surface area contributed by atoms with Gasteiger partial charge in [0.1, 0.15) is 5.82 Å². The van der Waals surface area contributed by atoms with Crippen LogP contribution in [-0.2, 0) is 0 Å². The smallest absolute Gasteiger partial charge is 0.150 e. The van der Waals surface area contributed by atoms with Gasteiger partial charge in [-0.15, -0.1) is 11.8 Å². The van der Waals surface area contributed by atoms with Gasteiger partial charge in [0.15, 0.2) is 5.82 Å². The molecule has 0 saturated carbocycles. The van der Waals surface area contributed by atoms with Crippen LogP contribution < -0.4 is 5.32 Å². The van der Waals surface area contributed by atoms with E-state index in [1.807, 2.05) is 37.4 Å². The zero-order valence-corrected chi connectivity index (χ0v) is 12.7. The molecule has 0 aromatic heterocycles. The van der Waals surface area contributed by atoms with E-state index in [0.717, 1.165) is 22.6 Å². The molecule has 0 aliphatic carbocycles. The zero-order valence-electron chi connectivity index (χ0n) is 11.1. The van der Waals surface area contributed by atoms with Crippen molar-refractivity contribution in [3.8, 4) is 0 Å². The molecule has 0 aliphatic heterocycles. The van der Waals surface area contributed by atoms with Crippen LogP contribution in [0.3, 0.4) is 0 Å². The predicted octanol–water partition coefficient (Wildman–Crippen LogP) is 5.51. The molecule has 5 heteroatoms. The fourth-order valence-electron chi connectivity index (χ4n) is 1.87. The van der Waals surface area contributed by atoms with Crippen LogP contribution in [-0.4, -0.2) is 6.26 Å². The fraction of sp³-hybridized carbons (Fsp3) is 0.200. The Morgan fingerprint density at radius 1 is 1.15 bits per heavy atom. The van der Waals surface area contributed by atoms with Gasteiger partial charge in [0, 0.05) is 17.0 Å². The minimum atomic E-state index is -0.692. The van der Waals surface area contributed by atoms with Gasteiger partial charge in [0.05, 0.1) is 10.7 Å². The molecule has 0 saturated heterocycles. The van der Waals surface area contributed by atoms with Crippen molar-refractivity contribution in [2.75, 3.05) is 11.6 Å². The number of thioether (sulfide) groups is 1. The monoisotopic (exact) mass is 313 g/mol. The summed E-state index contributed by atoms with van der Waals surface area (Å²) in [7, 11) is 0. The second kappa shape index (κ2) is 6.46. The lowest BCUT2D eigenvalue weighted by Crippen LogP contribution is -2.08. The summed E-state index contributed by atoms with van der Waals surface area (Å²) >= 11 is 7.52. The van der Waals surface area contributed by atoms with E-state index in [9.17, 15) is 8.78 Å². The molecule has 0 aliphatic rings. The highest BCUT2D eigenvalue weighted by molar-refractivity contribution is 7.98. The Balaban J connectivity index is 2.20. The quantitative estimate of drug-likeness (QED) is 0.747. The molecule has 0 fully saturated rings. The van der Waals surface area contributed by atoms with Gasteiger partial charge in [-0.05, 0) is 36.9 Å². The first-order chi connectivity index (χ1) is 9.51. The van der Waals surface area contributed by atoms with E-state index in [1.165, 1.54) is 0 Å². The highest BCUT2D eigenvalue weighted by Gasteiger charge is 2.13. The van der Waals surface area contributed by atoms with Gasteiger partial charge < -0.3 is 5.32 Å². The lowest BCUT2D eigenvalue weighted by atomic mass is 10.1.